The molecular formula is C14H19NO2. The molecule has 1 aromatic carbocycles. The maximum absolute atomic E-state index is 10.6. The van der Waals surface area contributed by atoms with E-state index in [0.717, 1.165) is 25.9 Å². The number of hydrogen-bond acceptors (Lipinski definition) is 2. The van der Waals surface area contributed by atoms with Crippen LogP contribution in [0.2, 0.25) is 0 Å². The van der Waals surface area contributed by atoms with Gasteiger partial charge in [-0.15, -0.1) is 0 Å². The number of likely N-dealkylation sites (tertiary alicyclic amines) is 1. The fraction of sp³-hybridized carbons (Fsp3) is 0.500. The van der Waals surface area contributed by atoms with E-state index >= 15 is 0 Å². The SMILES string of the molecule is Cc1ccc(C2CCN(CC(=O)O)CC2)cc1. The van der Waals surface area contributed by atoms with Crippen molar-refractivity contribution in [3.8, 4) is 0 Å². The monoisotopic (exact) mass is 233 g/mol. The summed E-state index contributed by atoms with van der Waals surface area (Å²) in [6.07, 6.45) is 2.13. The first kappa shape index (κ1) is 12.1. The van der Waals surface area contributed by atoms with Gasteiger partial charge in [-0.25, -0.2) is 0 Å². The molecule has 3 heteroatoms. The quantitative estimate of drug-likeness (QED) is 0.870. The summed E-state index contributed by atoms with van der Waals surface area (Å²) < 4.78 is 0. The van der Waals surface area contributed by atoms with Gasteiger partial charge < -0.3 is 5.11 Å². The highest BCUT2D eigenvalue weighted by Gasteiger charge is 2.21. The molecule has 1 aliphatic heterocycles. The number of carbonyl (C=O) groups is 1. The maximum atomic E-state index is 10.6. The number of benzene rings is 1. The fourth-order valence-electron chi connectivity index (χ4n) is 2.45. The molecule has 1 aromatic rings. The lowest BCUT2D eigenvalue weighted by Gasteiger charge is -2.31. The second-order valence-electron chi connectivity index (χ2n) is 4.85. The Kier molecular flexibility index (Phi) is 3.79. The molecular weight excluding hydrogens is 214 g/mol. The molecule has 1 aliphatic rings. The van der Waals surface area contributed by atoms with Crippen molar-refractivity contribution in [2.24, 2.45) is 0 Å². The Morgan fingerprint density at radius 3 is 2.41 bits per heavy atom. The number of piperidine rings is 1. The van der Waals surface area contributed by atoms with Gasteiger partial charge in [-0.2, -0.15) is 0 Å². The average Bonchev–Trinajstić information content (AvgIpc) is 2.30. The molecule has 92 valence electrons. The van der Waals surface area contributed by atoms with Crippen LogP contribution in [0.15, 0.2) is 24.3 Å². The molecule has 0 atom stereocenters. The molecule has 0 saturated carbocycles. The molecule has 0 aliphatic carbocycles. The third-order valence-electron chi connectivity index (χ3n) is 3.50. The Hall–Kier alpha value is -1.35. The molecule has 0 unspecified atom stereocenters. The normalized spacial score (nSPS) is 18.2. The van der Waals surface area contributed by atoms with Gasteiger partial charge in [0.25, 0.3) is 0 Å². The fourth-order valence-corrected chi connectivity index (χ4v) is 2.45. The Morgan fingerprint density at radius 1 is 1.29 bits per heavy atom. The van der Waals surface area contributed by atoms with Gasteiger partial charge in [-0.1, -0.05) is 29.8 Å². The molecule has 1 saturated heterocycles. The molecule has 17 heavy (non-hydrogen) atoms. The van der Waals surface area contributed by atoms with E-state index in [-0.39, 0.29) is 6.54 Å². The number of aryl methyl sites for hydroxylation is 1. The summed E-state index contributed by atoms with van der Waals surface area (Å²) in [6.45, 7) is 4.07. The molecule has 3 nitrogen and oxygen atoms in total. The van der Waals surface area contributed by atoms with Gasteiger partial charge in [0.05, 0.1) is 6.54 Å². The zero-order valence-corrected chi connectivity index (χ0v) is 10.2. The highest BCUT2D eigenvalue weighted by molar-refractivity contribution is 5.69. The van der Waals surface area contributed by atoms with Crippen LogP contribution >= 0.6 is 0 Å². The first-order valence-corrected chi connectivity index (χ1v) is 6.16. The Labute approximate surface area is 102 Å². The first-order chi connectivity index (χ1) is 8.15. The average molecular weight is 233 g/mol. The van der Waals surface area contributed by atoms with Crippen molar-refractivity contribution in [3.63, 3.8) is 0 Å². The highest BCUT2D eigenvalue weighted by Crippen LogP contribution is 2.27. The standard InChI is InChI=1S/C14H19NO2/c1-11-2-4-12(5-3-11)13-6-8-15(9-7-13)10-14(16)17/h2-5,13H,6-10H2,1H3,(H,16,17). The minimum absolute atomic E-state index is 0.181. The Balaban J connectivity index is 1.90. The summed E-state index contributed by atoms with van der Waals surface area (Å²) >= 11 is 0. The molecule has 0 aromatic heterocycles. The lowest BCUT2D eigenvalue weighted by Crippen LogP contribution is -2.36. The third kappa shape index (κ3) is 3.30. The smallest absolute Gasteiger partial charge is 0.317 e. The van der Waals surface area contributed by atoms with E-state index in [1.54, 1.807) is 0 Å². The summed E-state index contributed by atoms with van der Waals surface area (Å²) in [4.78, 5) is 12.6. The van der Waals surface area contributed by atoms with Crippen molar-refractivity contribution >= 4 is 5.97 Å². The topological polar surface area (TPSA) is 40.5 Å². The highest BCUT2D eigenvalue weighted by atomic mass is 16.4. The predicted molar refractivity (Wildman–Crippen MR) is 67.2 cm³/mol. The lowest BCUT2D eigenvalue weighted by molar-refractivity contribution is -0.138. The number of carboxylic acid groups (broad SMARTS) is 1. The van der Waals surface area contributed by atoms with Crippen molar-refractivity contribution in [2.75, 3.05) is 19.6 Å². The molecule has 1 fully saturated rings. The van der Waals surface area contributed by atoms with E-state index in [1.807, 2.05) is 4.90 Å². The summed E-state index contributed by atoms with van der Waals surface area (Å²) in [5.74, 6) is -0.126. The molecule has 0 radical (unpaired) electrons. The minimum atomic E-state index is -0.723. The van der Waals surface area contributed by atoms with Crippen molar-refractivity contribution in [1.29, 1.82) is 0 Å². The number of carboxylic acids is 1. The summed E-state index contributed by atoms with van der Waals surface area (Å²) in [7, 11) is 0. The second-order valence-corrected chi connectivity index (χ2v) is 4.85. The van der Waals surface area contributed by atoms with E-state index < -0.39 is 5.97 Å². The van der Waals surface area contributed by atoms with Crippen molar-refractivity contribution in [1.82, 2.24) is 4.90 Å². The van der Waals surface area contributed by atoms with Crippen LogP contribution < -0.4 is 0 Å². The molecule has 1 N–H and O–H groups in total. The molecule has 2 rings (SSSR count). The van der Waals surface area contributed by atoms with Gasteiger partial charge in [0.2, 0.25) is 0 Å². The van der Waals surface area contributed by atoms with Gasteiger partial charge in [0.15, 0.2) is 0 Å². The van der Waals surface area contributed by atoms with Gasteiger partial charge in [-0.3, -0.25) is 9.69 Å². The van der Waals surface area contributed by atoms with Crippen LogP contribution in [0.4, 0.5) is 0 Å². The van der Waals surface area contributed by atoms with Crippen molar-refractivity contribution in [2.45, 2.75) is 25.7 Å². The van der Waals surface area contributed by atoms with E-state index in [4.69, 9.17) is 5.11 Å². The van der Waals surface area contributed by atoms with Crippen LogP contribution in [0.5, 0.6) is 0 Å². The zero-order chi connectivity index (χ0) is 12.3. The van der Waals surface area contributed by atoms with Crippen LogP contribution in [0.3, 0.4) is 0 Å². The first-order valence-electron chi connectivity index (χ1n) is 6.16. The predicted octanol–water partition coefficient (Wildman–Crippen LogP) is 2.26. The van der Waals surface area contributed by atoms with Crippen LogP contribution in [0.1, 0.15) is 29.9 Å². The summed E-state index contributed by atoms with van der Waals surface area (Å²) in [5, 5.41) is 8.74. The summed E-state index contributed by atoms with van der Waals surface area (Å²) in [5.41, 5.74) is 2.68. The van der Waals surface area contributed by atoms with Crippen LogP contribution in [-0.2, 0) is 4.79 Å². The van der Waals surface area contributed by atoms with Gasteiger partial charge in [0, 0.05) is 0 Å². The molecule has 0 bridgehead atoms. The molecule has 0 amide bonds. The number of rotatable bonds is 3. The largest absolute Gasteiger partial charge is 0.480 e. The third-order valence-corrected chi connectivity index (χ3v) is 3.50. The Bertz CT molecular complexity index is 378. The second kappa shape index (κ2) is 5.32. The van der Waals surface area contributed by atoms with Crippen LogP contribution in [0, 0.1) is 6.92 Å². The van der Waals surface area contributed by atoms with E-state index in [2.05, 4.69) is 31.2 Å². The van der Waals surface area contributed by atoms with Crippen LogP contribution in [0.25, 0.3) is 0 Å². The van der Waals surface area contributed by atoms with Crippen molar-refractivity contribution in [3.05, 3.63) is 35.4 Å². The number of aliphatic carboxylic acids is 1. The van der Waals surface area contributed by atoms with E-state index in [0.29, 0.717) is 5.92 Å². The molecule has 0 spiro atoms. The molecule has 1 heterocycles. The zero-order valence-electron chi connectivity index (χ0n) is 10.2. The Morgan fingerprint density at radius 2 is 1.88 bits per heavy atom. The van der Waals surface area contributed by atoms with Gasteiger partial charge in [0.1, 0.15) is 0 Å². The maximum Gasteiger partial charge on any atom is 0.317 e. The van der Waals surface area contributed by atoms with Crippen molar-refractivity contribution < 1.29 is 9.90 Å². The van der Waals surface area contributed by atoms with E-state index in [1.165, 1.54) is 11.1 Å². The lowest BCUT2D eigenvalue weighted by atomic mass is 9.89. The number of hydrogen-bond donors (Lipinski definition) is 1. The van der Waals surface area contributed by atoms with E-state index in [9.17, 15) is 4.79 Å². The minimum Gasteiger partial charge on any atom is -0.480 e. The summed E-state index contributed by atoms with van der Waals surface area (Å²) in [6, 6.07) is 8.71. The van der Waals surface area contributed by atoms with Gasteiger partial charge in [-0.05, 0) is 44.3 Å². The van der Waals surface area contributed by atoms with Gasteiger partial charge >= 0.3 is 5.97 Å². The number of nitrogens with zero attached hydrogens (tertiary/aromatic N) is 1. The van der Waals surface area contributed by atoms with Crippen LogP contribution in [-0.4, -0.2) is 35.6 Å².